The summed E-state index contributed by atoms with van der Waals surface area (Å²) in [7, 11) is 0. The fourth-order valence-electron chi connectivity index (χ4n) is 1.49. The lowest BCUT2D eigenvalue weighted by Crippen LogP contribution is -2.27. The van der Waals surface area contributed by atoms with Crippen LogP contribution in [-0.2, 0) is 9.57 Å². The van der Waals surface area contributed by atoms with E-state index in [0.717, 1.165) is 0 Å². The van der Waals surface area contributed by atoms with Crippen molar-refractivity contribution < 1.29 is 19.5 Å². The van der Waals surface area contributed by atoms with Gasteiger partial charge in [-0.1, -0.05) is 0 Å². The number of carbonyl (C=O) groups excluding carboxylic acids is 1. The number of hydrogen-bond acceptors (Lipinski definition) is 5. The van der Waals surface area contributed by atoms with Crippen LogP contribution in [-0.4, -0.2) is 16.8 Å². The Kier molecular flexibility index (Phi) is 4.74. The topological polar surface area (TPSA) is 93.8 Å². The van der Waals surface area contributed by atoms with Crippen LogP contribution in [0.2, 0.25) is 0 Å². The number of anilines is 1. The normalized spacial score (nSPS) is 12.9. The van der Waals surface area contributed by atoms with Gasteiger partial charge in [-0.2, -0.15) is 0 Å². The molecular weight excluding hydrogens is 248 g/mol. The largest absolute Gasteiger partial charge is 0.508 e. The molecule has 6 nitrogen and oxygen atoms in total. The van der Waals surface area contributed by atoms with Gasteiger partial charge in [-0.25, -0.2) is 10.7 Å². The zero-order chi connectivity index (χ0) is 14.6. The third-order valence-corrected chi connectivity index (χ3v) is 2.31. The zero-order valence-corrected chi connectivity index (χ0v) is 11.6. The quantitative estimate of drug-likeness (QED) is 0.579. The Morgan fingerprint density at radius 1 is 1.42 bits per heavy atom. The SMILES string of the molecule is CC(ON)c1cc(O)ccc1NC(=O)OC(C)(C)C. The molecule has 1 atom stereocenters. The Labute approximate surface area is 112 Å². The van der Waals surface area contributed by atoms with Crippen LogP contribution in [0.15, 0.2) is 18.2 Å². The van der Waals surface area contributed by atoms with Crippen molar-refractivity contribution in [2.24, 2.45) is 5.90 Å². The first-order valence-electron chi connectivity index (χ1n) is 5.91. The summed E-state index contributed by atoms with van der Waals surface area (Å²) in [6.45, 7) is 7.02. The van der Waals surface area contributed by atoms with Gasteiger partial charge in [0.15, 0.2) is 0 Å². The van der Waals surface area contributed by atoms with Crippen molar-refractivity contribution in [3.8, 4) is 5.75 Å². The second kappa shape index (κ2) is 5.90. The fraction of sp³-hybridized carbons (Fsp3) is 0.462. The van der Waals surface area contributed by atoms with Gasteiger partial charge in [-0.3, -0.25) is 10.2 Å². The number of nitrogens with two attached hydrogens (primary N) is 1. The third kappa shape index (κ3) is 4.76. The molecule has 0 heterocycles. The number of ether oxygens (including phenoxy) is 1. The van der Waals surface area contributed by atoms with Gasteiger partial charge in [-0.05, 0) is 45.9 Å². The molecule has 1 aromatic carbocycles. The van der Waals surface area contributed by atoms with E-state index < -0.39 is 17.8 Å². The highest BCUT2D eigenvalue weighted by molar-refractivity contribution is 5.86. The lowest BCUT2D eigenvalue weighted by atomic mass is 10.1. The van der Waals surface area contributed by atoms with E-state index in [9.17, 15) is 9.90 Å². The van der Waals surface area contributed by atoms with Crippen LogP contribution in [0.4, 0.5) is 10.5 Å². The summed E-state index contributed by atoms with van der Waals surface area (Å²) in [6.07, 6.45) is -1.05. The van der Waals surface area contributed by atoms with Crippen LogP contribution < -0.4 is 11.2 Å². The van der Waals surface area contributed by atoms with E-state index in [2.05, 4.69) is 5.32 Å². The Hall–Kier alpha value is -1.79. The first kappa shape index (κ1) is 15.3. The second-order valence-electron chi connectivity index (χ2n) is 5.18. The van der Waals surface area contributed by atoms with Crippen LogP contribution in [0.3, 0.4) is 0 Å². The van der Waals surface area contributed by atoms with E-state index in [1.807, 2.05) is 0 Å². The van der Waals surface area contributed by atoms with Gasteiger partial charge >= 0.3 is 6.09 Å². The predicted molar refractivity (Wildman–Crippen MR) is 71.7 cm³/mol. The number of benzene rings is 1. The lowest BCUT2D eigenvalue weighted by Gasteiger charge is -2.21. The van der Waals surface area contributed by atoms with E-state index in [4.69, 9.17) is 15.5 Å². The number of phenolic OH excluding ortho intramolecular Hbond substituents is 1. The molecule has 1 unspecified atom stereocenters. The number of amides is 1. The molecule has 0 aliphatic heterocycles. The predicted octanol–water partition coefficient (Wildman–Crippen LogP) is 2.69. The van der Waals surface area contributed by atoms with Crippen LogP contribution in [0.5, 0.6) is 5.75 Å². The van der Waals surface area contributed by atoms with Crippen molar-refractivity contribution >= 4 is 11.8 Å². The monoisotopic (exact) mass is 268 g/mol. The van der Waals surface area contributed by atoms with Gasteiger partial charge in [0.25, 0.3) is 0 Å². The molecule has 0 fully saturated rings. The van der Waals surface area contributed by atoms with E-state index in [1.54, 1.807) is 33.8 Å². The fourth-order valence-corrected chi connectivity index (χ4v) is 1.49. The Balaban J connectivity index is 2.91. The molecule has 1 rings (SSSR count). The minimum atomic E-state index is -0.586. The van der Waals surface area contributed by atoms with Gasteiger partial charge in [-0.15, -0.1) is 0 Å². The Morgan fingerprint density at radius 2 is 2.05 bits per heavy atom. The molecule has 0 radical (unpaired) electrons. The van der Waals surface area contributed by atoms with Crippen molar-refractivity contribution in [2.75, 3.05) is 5.32 Å². The van der Waals surface area contributed by atoms with E-state index in [0.29, 0.717) is 11.3 Å². The van der Waals surface area contributed by atoms with Gasteiger partial charge in [0.05, 0.1) is 5.69 Å². The van der Waals surface area contributed by atoms with Crippen molar-refractivity contribution in [1.29, 1.82) is 0 Å². The number of aromatic hydroxyl groups is 1. The summed E-state index contributed by atoms with van der Waals surface area (Å²) in [5.41, 5.74) is 0.454. The van der Waals surface area contributed by atoms with Gasteiger partial charge in [0.2, 0.25) is 0 Å². The minimum absolute atomic E-state index is 0.0636. The number of carbonyl (C=O) groups is 1. The van der Waals surface area contributed by atoms with E-state index >= 15 is 0 Å². The molecule has 4 N–H and O–H groups in total. The van der Waals surface area contributed by atoms with Crippen LogP contribution >= 0.6 is 0 Å². The molecule has 0 spiro atoms. The molecule has 0 saturated carbocycles. The molecule has 106 valence electrons. The van der Waals surface area contributed by atoms with Crippen molar-refractivity contribution in [1.82, 2.24) is 0 Å². The maximum Gasteiger partial charge on any atom is 0.412 e. The highest BCUT2D eigenvalue weighted by Gasteiger charge is 2.19. The molecule has 0 bridgehead atoms. The molecule has 19 heavy (non-hydrogen) atoms. The number of nitrogens with one attached hydrogen (secondary N) is 1. The molecule has 0 saturated heterocycles. The number of rotatable bonds is 3. The van der Waals surface area contributed by atoms with Crippen molar-refractivity contribution in [3.05, 3.63) is 23.8 Å². The molecule has 1 aromatic rings. The van der Waals surface area contributed by atoms with Gasteiger partial charge < -0.3 is 9.84 Å². The summed E-state index contributed by atoms with van der Waals surface area (Å²) < 4.78 is 5.16. The van der Waals surface area contributed by atoms with Crippen LogP contribution in [0.25, 0.3) is 0 Å². The molecule has 0 aliphatic rings. The molecular formula is C13H20N2O4. The molecule has 0 aromatic heterocycles. The number of hydrogen-bond donors (Lipinski definition) is 3. The highest BCUT2D eigenvalue weighted by atomic mass is 16.6. The average Bonchev–Trinajstić information content (AvgIpc) is 2.28. The smallest absolute Gasteiger partial charge is 0.412 e. The van der Waals surface area contributed by atoms with Crippen molar-refractivity contribution in [3.63, 3.8) is 0 Å². The highest BCUT2D eigenvalue weighted by Crippen LogP contribution is 2.28. The molecule has 0 aliphatic carbocycles. The second-order valence-corrected chi connectivity index (χ2v) is 5.18. The lowest BCUT2D eigenvalue weighted by molar-refractivity contribution is 0.0624. The first-order chi connectivity index (χ1) is 8.73. The van der Waals surface area contributed by atoms with Gasteiger partial charge in [0.1, 0.15) is 17.5 Å². The average molecular weight is 268 g/mol. The maximum atomic E-state index is 11.7. The summed E-state index contributed by atoms with van der Waals surface area (Å²) in [4.78, 5) is 16.4. The maximum absolute atomic E-state index is 11.7. The zero-order valence-electron chi connectivity index (χ0n) is 11.6. The summed E-state index contributed by atoms with van der Waals surface area (Å²) in [6, 6.07) is 4.49. The summed E-state index contributed by atoms with van der Waals surface area (Å²) >= 11 is 0. The third-order valence-electron chi connectivity index (χ3n) is 2.31. The van der Waals surface area contributed by atoms with Crippen molar-refractivity contribution in [2.45, 2.75) is 39.4 Å². The van der Waals surface area contributed by atoms with Crippen LogP contribution in [0.1, 0.15) is 39.4 Å². The Morgan fingerprint density at radius 3 is 2.58 bits per heavy atom. The molecule has 6 heteroatoms. The first-order valence-corrected chi connectivity index (χ1v) is 5.91. The van der Waals surface area contributed by atoms with Gasteiger partial charge in [0, 0.05) is 5.56 Å². The van der Waals surface area contributed by atoms with Crippen LogP contribution in [0, 0.1) is 0 Å². The standard InChI is InChI=1S/C13H20N2O4/c1-8(19-14)10-7-9(16)5-6-11(10)15-12(17)18-13(2,3)4/h5-8,16H,14H2,1-4H3,(H,15,17). The van der Waals surface area contributed by atoms with E-state index in [1.165, 1.54) is 12.1 Å². The summed E-state index contributed by atoms with van der Waals surface area (Å²) in [5, 5.41) is 12.1. The van der Waals surface area contributed by atoms with E-state index in [-0.39, 0.29) is 5.75 Å². The minimum Gasteiger partial charge on any atom is -0.508 e. The number of phenols is 1. The molecule has 1 amide bonds. The summed E-state index contributed by atoms with van der Waals surface area (Å²) in [5.74, 6) is 5.19. The Bertz CT molecular complexity index is 454.